The van der Waals surface area contributed by atoms with Gasteiger partial charge in [0.05, 0.1) is 24.5 Å². The number of carboxylic acids is 1. The zero-order valence-corrected chi connectivity index (χ0v) is 25.0. The summed E-state index contributed by atoms with van der Waals surface area (Å²) in [7, 11) is -3.10. The number of fused-ring (bicyclic) bond motifs is 2. The number of halogens is 1. The van der Waals surface area contributed by atoms with Gasteiger partial charge in [0.1, 0.15) is 41.4 Å². The normalized spacial score (nSPS) is 21.5. The van der Waals surface area contributed by atoms with Gasteiger partial charge in [-0.3, -0.25) is 4.79 Å². The number of sulfone groups is 1. The fourth-order valence-electron chi connectivity index (χ4n) is 6.61. The lowest BCUT2D eigenvalue weighted by Crippen LogP contribution is -2.43. The van der Waals surface area contributed by atoms with Crippen molar-refractivity contribution in [3.8, 4) is 28.4 Å². The molecular formula is C33H35FO8S. The highest BCUT2D eigenvalue weighted by molar-refractivity contribution is 7.91. The van der Waals surface area contributed by atoms with E-state index in [1.54, 1.807) is 12.1 Å². The van der Waals surface area contributed by atoms with Crippen LogP contribution in [0, 0.1) is 19.7 Å². The molecule has 3 aromatic rings. The Hall–Kier alpha value is -3.63. The number of benzene rings is 3. The number of aliphatic hydroxyl groups is 1. The van der Waals surface area contributed by atoms with E-state index in [9.17, 15) is 18.3 Å². The number of rotatable bonds is 8. The quantitative estimate of drug-likeness (QED) is 0.346. The van der Waals surface area contributed by atoms with Gasteiger partial charge in [0, 0.05) is 23.1 Å². The minimum absolute atomic E-state index is 0.00222. The summed E-state index contributed by atoms with van der Waals surface area (Å²) in [6.45, 7) is 4.26. The molecule has 0 saturated carbocycles. The van der Waals surface area contributed by atoms with E-state index in [1.165, 1.54) is 6.07 Å². The molecule has 0 aromatic heterocycles. The maximum absolute atomic E-state index is 15.3. The first kappa shape index (κ1) is 29.4. The number of hydrogen-bond acceptors (Lipinski definition) is 7. The molecule has 2 atom stereocenters. The van der Waals surface area contributed by atoms with Crippen molar-refractivity contribution in [2.45, 2.75) is 63.6 Å². The Morgan fingerprint density at radius 2 is 1.79 bits per heavy atom. The topological polar surface area (TPSA) is 119 Å². The van der Waals surface area contributed by atoms with Gasteiger partial charge in [-0.2, -0.15) is 0 Å². The van der Waals surface area contributed by atoms with Crippen molar-refractivity contribution in [1.29, 1.82) is 0 Å². The van der Waals surface area contributed by atoms with Crippen molar-refractivity contribution in [2.75, 3.05) is 24.7 Å². The van der Waals surface area contributed by atoms with Crippen LogP contribution in [-0.2, 0) is 21.1 Å². The molecule has 0 bridgehead atoms. The molecule has 2 aliphatic heterocycles. The van der Waals surface area contributed by atoms with Gasteiger partial charge in [-0.1, -0.05) is 12.1 Å². The molecule has 10 heteroatoms. The Balaban J connectivity index is 1.21. The van der Waals surface area contributed by atoms with E-state index in [4.69, 9.17) is 19.3 Å². The van der Waals surface area contributed by atoms with Gasteiger partial charge < -0.3 is 24.4 Å². The van der Waals surface area contributed by atoms with Crippen LogP contribution in [0.25, 0.3) is 11.1 Å². The van der Waals surface area contributed by atoms with E-state index in [-0.39, 0.29) is 49.1 Å². The van der Waals surface area contributed by atoms with Crippen molar-refractivity contribution in [1.82, 2.24) is 0 Å². The molecule has 2 heterocycles. The third-order valence-corrected chi connectivity index (χ3v) is 10.5. The highest BCUT2D eigenvalue weighted by Gasteiger charge is 2.36. The minimum Gasteiger partial charge on any atom is -0.492 e. The molecule has 43 heavy (non-hydrogen) atoms. The fraction of sp³-hybridized carbons (Fsp3) is 0.424. The molecule has 0 unspecified atom stereocenters. The van der Waals surface area contributed by atoms with E-state index in [0.29, 0.717) is 42.3 Å². The maximum atomic E-state index is 15.3. The Labute approximate surface area is 250 Å². The van der Waals surface area contributed by atoms with Crippen molar-refractivity contribution in [3.63, 3.8) is 0 Å². The summed E-state index contributed by atoms with van der Waals surface area (Å²) in [6, 6.07) is 12.5. The summed E-state index contributed by atoms with van der Waals surface area (Å²) in [4.78, 5) is 11.2. The molecule has 0 radical (unpaired) electrons. The first-order valence-electron chi connectivity index (χ1n) is 14.5. The number of carbonyl (C=O) groups is 1. The monoisotopic (exact) mass is 610 g/mol. The van der Waals surface area contributed by atoms with Gasteiger partial charge >= 0.3 is 5.97 Å². The van der Waals surface area contributed by atoms with Crippen LogP contribution in [0.2, 0.25) is 0 Å². The molecule has 0 spiro atoms. The highest BCUT2D eigenvalue weighted by Crippen LogP contribution is 2.45. The van der Waals surface area contributed by atoms with Crippen molar-refractivity contribution in [3.05, 3.63) is 76.1 Å². The first-order valence-corrected chi connectivity index (χ1v) is 16.4. The Morgan fingerprint density at radius 1 is 1.07 bits per heavy atom. The molecule has 6 rings (SSSR count). The standard InChI is InChI=1S/C33H35FO8S/c1-19-13-23(41-18-33(37)9-11-43(38,39)12-10-33)14-20(2)31(19)25-5-7-27(34)32-26(25)6-8-28(32)42-22-3-4-24-21(15-30(35)36)17-40-29(24)16-22/h3-5,7,13-14,16,21,28,37H,6,8-12,15,17-18H2,1-2H3,(H,35,36)/t21-,28-/m1/s1. The molecule has 0 amide bonds. The Morgan fingerprint density at radius 3 is 2.49 bits per heavy atom. The molecule has 8 nitrogen and oxygen atoms in total. The largest absolute Gasteiger partial charge is 0.492 e. The average molecular weight is 611 g/mol. The summed E-state index contributed by atoms with van der Waals surface area (Å²) in [5, 5.41) is 20.0. The summed E-state index contributed by atoms with van der Waals surface area (Å²) in [5.74, 6) is 0.251. The lowest BCUT2D eigenvalue weighted by molar-refractivity contribution is -0.137. The zero-order chi connectivity index (χ0) is 30.5. The Bertz CT molecular complexity index is 1660. The highest BCUT2D eigenvalue weighted by atomic mass is 32.2. The van der Waals surface area contributed by atoms with Crippen molar-refractivity contribution < 1.29 is 42.0 Å². The molecule has 3 aliphatic rings. The van der Waals surface area contributed by atoms with Gasteiger partial charge in [0.15, 0.2) is 9.84 Å². The van der Waals surface area contributed by atoms with Gasteiger partial charge in [-0.15, -0.1) is 0 Å². The molecule has 1 fully saturated rings. The number of hydrogen-bond donors (Lipinski definition) is 2. The van der Waals surface area contributed by atoms with Crippen LogP contribution in [0.4, 0.5) is 4.39 Å². The second-order valence-electron chi connectivity index (χ2n) is 12.0. The Kier molecular flexibility index (Phi) is 7.62. The van der Waals surface area contributed by atoms with Gasteiger partial charge in [0.2, 0.25) is 0 Å². The first-order chi connectivity index (χ1) is 20.4. The van der Waals surface area contributed by atoms with E-state index < -0.39 is 27.5 Å². The van der Waals surface area contributed by atoms with Crippen LogP contribution in [0.15, 0.2) is 42.5 Å². The van der Waals surface area contributed by atoms with E-state index >= 15 is 4.39 Å². The molecule has 228 valence electrons. The second-order valence-corrected chi connectivity index (χ2v) is 14.3. The van der Waals surface area contributed by atoms with Crippen LogP contribution in [0.5, 0.6) is 17.2 Å². The predicted molar refractivity (Wildman–Crippen MR) is 158 cm³/mol. The van der Waals surface area contributed by atoms with E-state index in [1.807, 2.05) is 38.1 Å². The summed E-state index contributed by atoms with van der Waals surface area (Å²) in [6.07, 6.45) is 1.07. The molecule has 3 aromatic carbocycles. The lowest BCUT2D eigenvalue weighted by Gasteiger charge is -2.31. The predicted octanol–water partition coefficient (Wildman–Crippen LogP) is 5.45. The molecule has 1 aliphatic carbocycles. The summed E-state index contributed by atoms with van der Waals surface area (Å²) < 4.78 is 56.8. The van der Waals surface area contributed by atoms with Crippen LogP contribution < -0.4 is 14.2 Å². The zero-order valence-electron chi connectivity index (χ0n) is 24.2. The number of aliphatic carboxylic acids is 1. The number of carboxylic acid groups (broad SMARTS) is 1. The maximum Gasteiger partial charge on any atom is 0.304 e. The van der Waals surface area contributed by atoms with Gasteiger partial charge in [0.25, 0.3) is 0 Å². The van der Waals surface area contributed by atoms with Crippen molar-refractivity contribution in [2.24, 2.45) is 0 Å². The minimum atomic E-state index is -3.10. The van der Waals surface area contributed by atoms with Crippen LogP contribution in [-0.4, -0.2) is 54.9 Å². The van der Waals surface area contributed by atoms with Gasteiger partial charge in [-0.05, 0) is 91.6 Å². The molecule has 2 N–H and O–H groups in total. The number of aryl methyl sites for hydroxylation is 2. The van der Waals surface area contributed by atoms with Crippen LogP contribution >= 0.6 is 0 Å². The lowest BCUT2D eigenvalue weighted by atomic mass is 9.90. The SMILES string of the molecule is Cc1cc(OCC2(O)CCS(=O)(=O)CC2)cc(C)c1-c1ccc(F)c2c1CC[C@H]2Oc1ccc2c(c1)OC[C@H]2CC(=O)O. The molecule has 1 saturated heterocycles. The average Bonchev–Trinajstić information content (AvgIpc) is 3.55. The van der Waals surface area contributed by atoms with Gasteiger partial charge in [-0.25, -0.2) is 12.8 Å². The van der Waals surface area contributed by atoms with E-state index in [2.05, 4.69) is 0 Å². The third kappa shape index (κ3) is 5.95. The summed E-state index contributed by atoms with van der Waals surface area (Å²) >= 11 is 0. The second kappa shape index (κ2) is 11.1. The van der Waals surface area contributed by atoms with Crippen LogP contribution in [0.3, 0.4) is 0 Å². The fourth-order valence-corrected chi connectivity index (χ4v) is 8.20. The van der Waals surface area contributed by atoms with Crippen LogP contribution in [0.1, 0.15) is 65.5 Å². The van der Waals surface area contributed by atoms with Crippen molar-refractivity contribution >= 4 is 15.8 Å². The smallest absolute Gasteiger partial charge is 0.304 e. The van der Waals surface area contributed by atoms with E-state index in [0.717, 1.165) is 33.4 Å². The number of ether oxygens (including phenoxy) is 3. The third-order valence-electron chi connectivity index (χ3n) is 8.89. The summed E-state index contributed by atoms with van der Waals surface area (Å²) in [5.41, 5.74) is 4.92. The molecular weight excluding hydrogens is 575 g/mol.